The van der Waals surface area contributed by atoms with Crippen molar-refractivity contribution in [2.75, 3.05) is 20.1 Å². The summed E-state index contributed by atoms with van der Waals surface area (Å²) in [6, 6.07) is 12.2. The number of nitrogens with zero attached hydrogens (tertiary/aromatic N) is 2. The number of rotatable bonds is 7. The minimum absolute atomic E-state index is 0.0190. The van der Waals surface area contributed by atoms with E-state index in [2.05, 4.69) is 36.3 Å². The predicted molar refractivity (Wildman–Crippen MR) is 120 cm³/mol. The van der Waals surface area contributed by atoms with Gasteiger partial charge in [0.2, 0.25) is 11.8 Å². The van der Waals surface area contributed by atoms with Crippen LogP contribution in [-0.2, 0) is 16.0 Å². The summed E-state index contributed by atoms with van der Waals surface area (Å²) in [4.78, 5) is 32.4. The number of aromatic nitrogens is 1. The van der Waals surface area contributed by atoms with E-state index in [-0.39, 0.29) is 17.7 Å². The molecule has 30 heavy (non-hydrogen) atoms. The number of hydrogen-bond donors (Lipinski definition) is 1. The first-order valence-electron chi connectivity index (χ1n) is 11.0. The van der Waals surface area contributed by atoms with Crippen molar-refractivity contribution in [2.24, 2.45) is 11.3 Å². The third kappa shape index (κ3) is 4.55. The van der Waals surface area contributed by atoms with E-state index in [1.807, 2.05) is 35.4 Å². The Balaban J connectivity index is 1.94. The monoisotopic (exact) mass is 407 g/mol. The van der Waals surface area contributed by atoms with Gasteiger partial charge in [0, 0.05) is 44.0 Å². The molecule has 5 nitrogen and oxygen atoms in total. The summed E-state index contributed by atoms with van der Waals surface area (Å²) in [5.41, 5.74) is 2.64. The first kappa shape index (κ1) is 22.0. The number of amides is 2. The van der Waals surface area contributed by atoms with Crippen LogP contribution in [0.1, 0.15) is 45.1 Å². The van der Waals surface area contributed by atoms with Crippen LogP contribution in [-0.4, -0.2) is 41.8 Å². The SMILES string of the molecule is CCC(CC)C(=O)N1CCCC(Cc2ccccc2-c2cccnc2)(C(=O)NC)C1. The summed E-state index contributed by atoms with van der Waals surface area (Å²) >= 11 is 0. The molecule has 1 unspecified atom stereocenters. The highest BCUT2D eigenvalue weighted by Gasteiger charge is 2.44. The molecule has 0 spiro atoms. The Morgan fingerprint density at radius 3 is 2.60 bits per heavy atom. The topological polar surface area (TPSA) is 62.3 Å². The molecule has 0 radical (unpaired) electrons. The second-order valence-electron chi connectivity index (χ2n) is 8.31. The molecule has 2 aromatic rings. The number of carbonyl (C=O) groups excluding carboxylic acids is 2. The molecule has 1 aliphatic heterocycles. The molecule has 0 aliphatic carbocycles. The molecule has 5 heteroatoms. The van der Waals surface area contributed by atoms with Gasteiger partial charge in [0.1, 0.15) is 0 Å². The number of pyridine rings is 1. The summed E-state index contributed by atoms with van der Waals surface area (Å²) in [5.74, 6) is 0.243. The third-order valence-corrected chi connectivity index (χ3v) is 6.45. The standard InChI is InChI=1S/C25H33N3O2/c1-4-19(5-2)23(29)28-15-9-13-25(18-28,24(30)26-3)16-20-10-6-7-12-22(20)21-11-8-14-27-17-21/h6-8,10-12,14,17,19H,4-5,9,13,15-16,18H2,1-3H3,(H,26,30). The Labute approximate surface area is 179 Å². The van der Waals surface area contributed by atoms with Crippen LogP contribution in [0.4, 0.5) is 0 Å². The van der Waals surface area contributed by atoms with Gasteiger partial charge >= 0.3 is 0 Å². The molecular formula is C25H33N3O2. The maximum absolute atomic E-state index is 13.2. The van der Waals surface area contributed by atoms with Gasteiger partial charge < -0.3 is 10.2 Å². The number of likely N-dealkylation sites (tertiary alicyclic amines) is 1. The molecule has 1 N–H and O–H groups in total. The second-order valence-corrected chi connectivity index (χ2v) is 8.31. The Morgan fingerprint density at radius 1 is 1.17 bits per heavy atom. The van der Waals surface area contributed by atoms with Crippen LogP contribution in [0.25, 0.3) is 11.1 Å². The van der Waals surface area contributed by atoms with Crippen molar-refractivity contribution in [3.8, 4) is 11.1 Å². The maximum Gasteiger partial charge on any atom is 0.228 e. The van der Waals surface area contributed by atoms with Crippen molar-refractivity contribution in [3.63, 3.8) is 0 Å². The van der Waals surface area contributed by atoms with Gasteiger partial charge in [-0.15, -0.1) is 0 Å². The lowest BCUT2D eigenvalue weighted by atomic mass is 9.73. The summed E-state index contributed by atoms with van der Waals surface area (Å²) in [7, 11) is 1.69. The number of nitrogens with one attached hydrogen (secondary N) is 1. The zero-order valence-electron chi connectivity index (χ0n) is 18.4. The summed E-state index contributed by atoms with van der Waals surface area (Å²) in [5, 5.41) is 2.88. The largest absolute Gasteiger partial charge is 0.359 e. The molecule has 160 valence electrons. The van der Waals surface area contributed by atoms with E-state index in [1.54, 1.807) is 13.2 Å². The highest BCUT2D eigenvalue weighted by Crippen LogP contribution is 2.37. The Hall–Kier alpha value is -2.69. The van der Waals surface area contributed by atoms with Crippen LogP contribution in [0.3, 0.4) is 0 Å². The molecule has 1 aromatic carbocycles. The van der Waals surface area contributed by atoms with Crippen LogP contribution in [0.2, 0.25) is 0 Å². The van der Waals surface area contributed by atoms with Crippen LogP contribution in [0.15, 0.2) is 48.8 Å². The van der Waals surface area contributed by atoms with Crippen LogP contribution >= 0.6 is 0 Å². The maximum atomic E-state index is 13.2. The Morgan fingerprint density at radius 2 is 1.93 bits per heavy atom. The van der Waals surface area contributed by atoms with Gasteiger partial charge in [-0.1, -0.05) is 44.2 Å². The molecule has 1 aromatic heterocycles. The third-order valence-electron chi connectivity index (χ3n) is 6.45. The van der Waals surface area contributed by atoms with Gasteiger partial charge in [-0.25, -0.2) is 0 Å². The number of carbonyl (C=O) groups is 2. The van der Waals surface area contributed by atoms with Crippen molar-refractivity contribution in [2.45, 2.75) is 46.0 Å². The summed E-state index contributed by atoms with van der Waals surface area (Å²) in [6.07, 6.45) is 7.51. The van der Waals surface area contributed by atoms with Crippen LogP contribution < -0.4 is 5.32 Å². The molecule has 1 saturated heterocycles. The highest BCUT2D eigenvalue weighted by molar-refractivity contribution is 5.85. The normalized spacial score (nSPS) is 19.0. The average Bonchev–Trinajstić information content (AvgIpc) is 2.80. The van der Waals surface area contributed by atoms with Gasteiger partial charge in [0.05, 0.1) is 5.41 Å². The van der Waals surface area contributed by atoms with Gasteiger partial charge in [0.25, 0.3) is 0 Å². The minimum atomic E-state index is -0.618. The van der Waals surface area contributed by atoms with Crippen molar-refractivity contribution >= 4 is 11.8 Å². The van der Waals surface area contributed by atoms with Gasteiger partial charge in [-0.05, 0) is 49.3 Å². The molecule has 2 amide bonds. The highest BCUT2D eigenvalue weighted by atomic mass is 16.2. The fourth-order valence-electron chi connectivity index (χ4n) is 4.73. The Bertz CT molecular complexity index is 864. The van der Waals surface area contributed by atoms with Crippen molar-refractivity contribution in [1.29, 1.82) is 0 Å². The molecule has 0 bridgehead atoms. The smallest absolute Gasteiger partial charge is 0.228 e. The van der Waals surface area contributed by atoms with Crippen LogP contribution in [0, 0.1) is 11.3 Å². The van der Waals surface area contributed by atoms with E-state index in [0.29, 0.717) is 13.0 Å². The fourth-order valence-corrected chi connectivity index (χ4v) is 4.73. The van der Waals surface area contributed by atoms with Crippen molar-refractivity contribution < 1.29 is 9.59 Å². The zero-order valence-corrected chi connectivity index (χ0v) is 18.4. The lowest BCUT2D eigenvalue weighted by molar-refractivity contribution is -0.144. The van der Waals surface area contributed by atoms with E-state index >= 15 is 0 Å². The zero-order chi connectivity index (χ0) is 21.6. The molecule has 0 saturated carbocycles. The van der Waals surface area contributed by atoms with E-state index in [1.165, 1.54) is 0 Å². The average molecular weight is 408 g/mol. The van der Waals surface area contributed by atoms with E-state index in [9.17, 15) is 9.59 Å². The number of hydrogen-bond acceptors (Lipinski definition) is 3. The second kappa shape index (κ2) is 9.88. The quantitative estimate of drug-likeness (QED) is 0.752. The minimum Gasteiger partial charge on any atom is -0.359 e. The molecular weight excluding hydrogens is 374 g/mol. The molecule has 1 atom stereocenters. The van der Waals surface area contributed by atoms with Crippen LogP contribution in [0.5, 0.6) is 0 Å². The van der Waals surface area contributed by atoms with Crippen molar-refractivity contribution in [1.82, 2.24) is 15.2 Å². The Kier molecular flexibility index (Phi) is 7.24. The van der Waals surface area contributed by atoms with E-state index in [0.717, 1.165) is 48.9 Å². The van der Waals surface area contributed by atoms with Gasteiger partial charge in [-0.2, -0.15) is 0 Å². The predicted octanol–water partition coefficient (Wildman–Crippen LogP) is 4.08. The molecule has 1 aliphatic rings. The number of benzene rings is 1. The fraction of sp³-hybridized carbons (Fsp3) is 0.480. The molecule has 2 heterocycles. The lowest BCUT2D eigenvalue weighted by Gasteiger charge is -2.43. The van der Waals surface area contributed by atoms with Gasteiger partial charge in [-0.3, -0.25) is 14.6 Å². The molecule has 1 fully saturated rings. The summed E-state index contributed by atoms with van der Waals surface area (Å²) in [6.45, 7) is 5.33. The summed E-state index contributed by atoms with van der Waals surface area (Å²) < 4.78 is 0. The molecule has 3 rings (SSSR count). The first-order valence-corrected chi connectivity index (χ1v) is 11.0. The van der Waals surface area contributed by atoms with Crippen molar-refractivity contribution in [3.05, 3.63) is 54.4 Å². The number of piperidine rings is 1. The lowest BCUT2D eigenvalue weighted by Crippen LogP contribution is -2.54. The van der Waals surface area contributed by atoms with E-state index in [4.69, 9.17) is 0 Å². The first-order chi connectivity index (χ1) is 14.5. The van der Waals surface area contributed by atoms with Gasteiger partial charge in [0.15, 0.2) is 0 Å². The van der Waals surface area contributed by atoms with E-state index < -0.39 is 5.41 Å².